The molecule has 0 bridgehead atoms. The number of nitrogens with one attached hydrogen (secondary N) is 1. The molecule has 2 atom stereocenters. The fourth-order valence-corrected chi connectivity index (χ4v) is 8.68. The first-order valence-electron chi connectivity index (χ1n) is 10.4. The van der Waals surface area contributed by atoms with Crippen LogP contribution in [-0.4, -0.2) is 47.5 Å². The number of halogens is 2. The molecular formula is C22H26F2N2O6S2. The number of benzene rings is 2. The number of carbonyl (C=O) groups is 2. The number of carboxylic acid groups (broad SMARTS) is 1. The lowest BCUT2D eigenvalue weighted by Crippen LogP contribution is -2.60. The molecule has 1 fully saturated rings. The van der Waals surface area contributed by atoms with E-state index in [1.165, 1.54) is 30.3 Å². The molecule has 4 N–H and O–H groups in total. The monoisotopic (exact) mass is 516 g/mol. The normalized spacial score (nSPS) is 24.7. The third-order valence-electron chi connectivity index (χ3n) is 5.92. The number of hydrogen-bond donors (Lipinski definition) is 3. The fourth-order valence-electron chi connectivity index (χ4n) is 3.95. The third-order valence-corrected chi connectivity index (χ3v) is 11.5. The molecule has 34 heavy (non-hydrogen) atoms. The zero-order chi connectivity index (χ0) is 25.1. The van der Waals surface area contributed by atoms with Crippen LogP contribution >= 0.6 is 10.0 Å². The number of carbonyl (C=O) groups excluding carboxylic acids is 1. The molecule has 1 aliphatic rings. The van der Waals surface area contributed by atoms with E-state index >= 15 is 0 Å². The van der Waals surface area contributed by atoms with Crippen LogP contribution in [0.15, 0.2) is 47.4 Å². The average Bonchev–Trinajstić information content (AvgIpc) is 2.78. The minimum atomic E-state index is -4.27. The summed E-state index contributed by atoms with van der Waals surface area (Å²) in [5, 5.41) is 9.36. The second-order valence-corrected chi connectivity index (χ2v) is 13.5. The van der Waals surface area contributed by atoms with E-state index in [9.17, 15) is 31.9 Å². The zero-order valence-corrected chi connectivity index (χ0v) is 20.1. The molecule has 8 nitrogen and oxygen atoms in total. The van der Waals surface area contributed by atoms with Gasteiger partial charge < -0.3 is 15.6 Å². The lowest BCUT2D eigenvalue weighted by molar-refractivity contribution is -0.143. The molecule has 12 heteroatoms. The first-order chi connectivity index (χ1) is 15.9. The van der Waals surface area contributed by atoms with Gasteiger partial charge in [-0.3, -0.25) is 9.59 Å². The van der Waals surface area contributed by atoms with E-state index in [2.05, 4.69) is 4.72 Å². The first kappa shape index (κ1) is 25.9. The van der Waals surface area contributed by atoms with Gasteiger partial charge in [-0.15, -0.1) is 0 Å². The lowest BCUT2D eigenvalue weighted by Gasteiger charge is -2.47. The summed E-state index contributed by atoms with van der Waals surface area (Å²) in [6.45, 7) is 1.55. The molecule has 2 unspecified atom stereocenters. The van der Waals surface area contributed by atoms with Crippen LogP contribution < -0.4 is 15.2 Å². The van der Waals surface area contributed by atoms with Gasteiger partial charge in [0.05, 0.1) is 4.90 Å². The molecular weight excluding hydrogens is 490 g/mol. The highest BCUT2D eigenvalue weighted by Crippen LogP contribution is 2.54. The molecule has 1 amide bonds. The summed E-state index contributed by atoms with van der Waals surface area (Å²) in [4.78, 5) is 24.1. The molecule has 3 rings (SSSR count). The highest BCUT2D eigenvalue weighted by atomic mass is 32.3. The van der Waals surface area contributed by atoms with Crippen LogP contribution in [0.5, 0.6) is 5.75 Å². The number of hydrogen-bond acceptors (Lipinski definition) is 5. The summed E-state index contributed by atoms with van der Waals surface area (Å²) in [5.41, 5.74) is 3.87. The Morgan fingerprint density at radius 3 is 2.44 bits per heavy atom. The molecule has 0 aromatic heterocycles. The quantitative estimate of drug-likeness (QED) is 0.492. The van der Waals surface area contributed by atoms with Crippen molar-refractivity contribution in [3.05, 3.63) is 59.7 Å². The number of aliphatic carboxylic acids is 1. The van der Waals surface area contributed by atoms with Crippen molar-refractivity contribution < 1.29 is 36.6 Å². The number of rotatable bonds is 8. The third kappa shape index (κ3) is 5.34. The zero-order valence-electron chi connectivity index (χ0n) is 18.4. The Morgan fingerprint density at radius 2 is 1.88 bits per heavy atom. The predicted octanol–water partition coefficient (Wildman–Crippen LogP) is 3.34. The van der Waals surface area contributed by atoms with Crippen molar-refractivity contribution in [2.24, 2.45) is 5.73 Å². The van der Waals surface area contributed by atoms with E-state index in [0.717, 1.165) is 12.1 Å². The molecule has 0 spiro atoms. The first-order valence-corrected chi connectivity index (χ1v) is 14.1. The van der Waals surface area contributed by atoms with Gasteiger partial charge in [0.2, 0.25) is 10.0 Å². The molecule has 2 aromatic carbocycles. The van der Waals surface area contributed by atoms with Gasteiger partial charge in [0, 0.05) is 17.4 Å². The van der Waals surface area contributed by atoms with Crippen LogP contribution in [0.25, 0.3) is 0 Å². The fraction of sp³-hybridized carbons (Fsp3) is 0.364. The SMILES string of the molecule is CCS1(C(N)=O)CCCC(NS(=O)(=O)c2ccc(OCc3ccc(F)cc3F)cc2)(C(=O)O)C1. The van der Waals surface area contributed by atoms with Gasteiger partial charge in [0.1, 0.15) is 29.5 Å². The number of nitrogens with two attached hydrogens (primary N) is 1. The molecule has 1 saturated heterocycles. The Labute approximate surface area is 197 Å². The summed E-state index contributed by atoms with van der Waals surface area (Å²) >= 11 is 0. The largest absolute Gasteiger partial charge is 0.489 e. The number of carboxylic acids is 1. The van der Waals surface area contributed by atoms with Gasteiger partial charge in [-0.25, -0.2) is 17.2 Å². The molecule has 1 heterocycles. The highest BCUT2D eigenvalue weighted by molar-refractivity contribution is 8.45. The van der Waals surface area contributed by atoms with Crippen molar-refractivity contribution in [2.75, 3.05) is 17.3 Å². The Hall–Kier alpha value is -2.70. The summed E-state index contributed by atoms with van der Waals surface area (Å²) in [6.07, 6.45) is 0.391. The maximum atomic E-state index is 13.7. The van der Waals surface area contributed by atoms with Gasteiger partial charge in [-0.2, -0.15) is 14.8 Å². The van der Waals surface area contributed by atoms with E-state index in [0.29, 0.717) is 17.9 Å². The standard InChI is InChI=1S/C22H26F2N2O6S2/c1-2-33(21(25)29)11-3-10-22(14-33,20(27)28)26-34(30,31)18-8-6-17(7-9-18)32-13-15-4-5-16(23)12-19(15)24/h4-9,12,26H,2-3,10-11,13-14H2,1H3,(H2,25,29)(H,27,28). The van der Waals surface area contributed by atoms with Crippen molar-refractivity contribution in [2.45, 2.75) is 36.8 Å². The number of amides is 1. The van der Waals surface area contributed by atoms with Crippen LogP contribution in [0.4, 0.5) is 13.6 Å². The smallest absolute Gasteiger partial charge is 0.325 e. The molecule has 186 valence electrons. The maximum Gasteiger partial charge on any atom is 0.325 e. The number of ether oxygens (including phenoxy) is 1. The van der Waals surface area contributed by atoms with E-state index < -0.39 is 48.4 Å². The summed E-state index contributed by atoms with van der Waals surface area (Å²) < 4.78 is 60.6. The van der Waals surface area contributed by atoms with Crippen LogP contribution in [0, 0.1) is 11.6 Å². The topological polar surface area (TPSA) is 136 Å². The maximum absolute atomic E-state index is 13.7. The van der Waals surface area contributed by atoms with E-state index in [1.54, 1.807) is 6.92 Å². The van der Waals surface area contributed by atoms with Gasteiger partial charge in [0.15, 0.2) is 0 Å². The van der Waals surface area contributed by atoms with E-state index in [1.807, 2.05) is 0 Å². The summed E-state index contributed by atoms with van der Waals surface area (Å²) in [5.74, 6) is -1.92. The van der Waals surface area contributed by atoms with Crippen molar-refractivity contribution in [3.8, 4) is 5.75 Å². The Bertz CT molecular complexity index is 1190. The van der Waals surface area contributed by atoms with Crippen LogP contribution in [0.3, 0.4) is 0 Å². The van der Waals surface area contributed by atoms with Gasteiger partial charge in [-0.1, -0.05) is 6.92 Å². The second-order valence-electron chi connectivity index (χ2n) is 8.09. The Morgan fingerprint density at radius 1 is 1.21 bits per heavy atom. The minimum Gasteiger partial charge on any atom is -0.489 e. The Kier molecular flexibility index (Phi) is 7.53. The lowest BCUT2D eigenvalue weighted by atomic mass is 9.97. The van der Waals surface area contributed by atoms with Crippen LogP contribution in [0.1, 0.15) is 25.3 Å². The number of primary amides is 1. The molecule has 0 saturated carbocycles. The molecule has 0 aliphatic carbocycles. The average molecular weight is 517 g/mol. The van der Waals surface area contributed by atoms with Gasteiger partial charge in [-0.05, 0) is 60.7 Å². The molecule has 0 radical (unpaired) electrons. The molecule has 2 aromatic rings. The summed E-state index contributed by atoms with van der Waals surface area (Å²) in [6, 6.07) is 8.21. The highest BCUT2D eigenvalue weighted by Gasteiger charge is 2.51. The minimum absolute atomic E-state index is 0.0357. The van der Waals surface area contributed by atoms with Crippen LogP contribution in [-0.2, 0) is 21.4 Å². The molecule has 1 aliphatic heterocycles. The van der Waals surface area contributed by atoms with E-state index in [-0.39, 0.29) is 35.0 Å². The predicted molar refractivity (Wildman–Crippen MR) is 125 cm³/mol. The Balaban J connectivity index is 1.78. The number of sulfonamides is 1. The van der Waals surface area contributed by atoms with E-state index in [4.69, 9.17) is 10.5 Å². The van der Waals surface area contributed by atoms with Crippen molar-refractivity contribution in [1.29, 1.82) is 0 Å². The second kappa shape index (κ2) is 9.88. The van der Waals surface area contributed by atoms with Crippen molar-refractivity contribution >= 4 is 31.3 Å². The van der Waals surface area contributed by atoms with Gasteiger partial charge >= 0.3 is 5.97 Å². The van der Waals surface area contributed by atoms with Crippen LogP contribution in [0.2, 0.25) is 0 Å². The van der Waals surface area contributed by atoms with Crippen molar-refractivity contribution in [1.82, 2.24) is 4.72 Å². The summed E-state index contributed by atoms with van der Waals surface area (Å²) in [7, 11) is -6.42. The van der Waals surface area contributed by atoms with Crippen molar-refractivity contribution in [3.63, 3.8) is 0 Å². The van der Waals surface area contributed by atoms with Gasteiger partial charge in [0.25, 0.3) is 5.24 Å².